The Labute approximate surface area is 117 Å². The summed E-state index contributed by atoms with van der Waals surface area (Å²) in [5.74, 6) is 0.885. The third-order valence-electron chi connectivity index (χ3n) is 3.11. The molecule has 1 aromatic carbocycles. The third kappa shape index (κ3) is 6.08. The molecule has 1 rings (SSSR count). The van der Waals surface area contributed by atoms with Crippen molar-refractivity contribution in [2.24, 2.45) is 0 Å². The first-order valence-electron chi connectivity index (χ1n) is 7.28. The smallest absolute Gasteiger partial charge is 0.119 e. The molecular weight excluding hydrogens is 238 g/mol. The standard InChI is InChI=1S/C16H27NO2/c1-4-6-7-11-19-16(13-17-5-2)14-9-8-10-15(12-14)18-3/h8-10,12,16-17H,4-7,11,13H2,1-3H3. The van der Waals surface area contributed by atoms with E-state index in [-0.39, 0.29) is 6.10 Å². The summed E-state index contributed by atoms with van der Waals surface area (Å²) < 4.78 is 11.3. The summed E-state index contributed by atoms with van der Waals surface area (Å²) in [6.07, 6.45) is 3.68. The van der Waals surface area contributed by atoms with Crippen molar-refractivity contribution in [1.29, 1.82) is 0 Å². The predicted octanol–water partition coefficient (Wildman–Crippen LogP) is 3.55. The van der Waals surface area contributed by atoms with Crippen LogP contribution in [0, 0.1) is 0 Å². The number of unbranched alkanes of at least 4 members (excludes halogenated alkanes) is 2. The summed E-state index contributed by atoms with van der Waals surface area (Å²) in [5.41, 5.74) is 1.18. The van der Waals surface area contributed by atoms with E-state index in [0.717, 1.165) is 31.9 Å². The summed E-state index contributed by atoms with van der Waals surface area (Å²) in [6.45, 7) is 6.94. The second-order valence-electron chi connectivity index (χ2n) is 4.65. The molecule has 1 N–H and O–H groups in total. The summed E-state index contributed by atoms with van der Waals surface area (Å²) in [4.78, 5) is 0. The van der Waals surface area contributed by atoms with Gasteiger partial charge in [0, 0.05) is 13.2 Å². The lowest BCUT2D eigenvalue weighted by Gasteiger charge is -2.19. The average molecular weight is 265 g/mol. The van der Waals surface area contributed by atoms with Gasteiger partial charge < -0.3 is 14.8 Å². The molecule has 0 aromatic heterocycles. The van der Waals surface area contributed by atoms with E-state index in [1.807, 2.05) is 12.1 Å². The second kappa shape index (κ2) is 9.82. The molecule has 0 spiro atoms. The van der Waals surface area contributed by atoms with E-state index in [4.69, 9.17) is 9.47 Å². The maximum absolute atomic E-state index is 6.01. The van der Waals surface area contributed by atoms with Crippen LogP contribution in [-0.2, 0) is 4.74 Å². The fraction of sp³-hybridized carbons (Fsp3) is 0.625. The van der Waals surface area contributed by atoms with Crippen molar-refractivity contribution >= 4 is 0 Å². The van der Waals surface area contributed by atoms with Crippen LogP contribution in [0.5, 0.6) is 5.75 Å². The van der Waals surface area contributed by atoms with Gasteiger partial charge in [0.1, 0.15) is 5.75 Å². The molecule has 0 heterocycles. The Bertz CT molecular complexity index is 341. The van der Waals surface area contributed by atoms with Crippen molar-refractivity contribution in [3.63, 3.8) is 0 Å². The zero-order valence-electron chi connectivity index (χ0n) is 12.4. The zero-order valence-corrected chi connectivity index (χ0v) is 12.4. The van der Waals surface area contributed by atoms with Gasteiger partial charge in [0.05, 0.1) is 13.2 Å². The van der Waals surface area contributed by atoms with Crippen molar-refractivity contribution in [1.82, 2.24) is 5.32 Å². The van der Waals surface area contributed by atoms with Crippen LogP contribution in [0.2, 0.25) is 0 Å². The molecule has 0 aliphatic rings. The molecule has 0 aliphatic heterocycles. The van der Waals surface area contributed by atoms with Crippen LogP contribution >= 0.6 is 0 Å². The van der Waals surface area contributed by atoms with Crippen molar-refractivity contribution in [3.05, 3.63) is 29.8 Å². The van der Waals surface area contributed by atoms with Crippen LogP contribution < -0.4 is 10.1 Å². The number of hydrogen-bond acceptors (Lipinski definition) is 3. The summed E-state index contributed by atoms with van der Waals surface area (Å²) in [6, 6.07) is 8.14. The monoisotopic (exact) mass is 265 g/mol. The highest BCUT2D eigenvalue weighted by atomic mass is 16.5. The highest BCUT2D eigenvalue weighted by Crippen LogP contribution is 2.22. The third-order valence-corrected chi connectivity index (χ3v) is 3.11. The van der Waals surface area contributed by atoms with Gasteiger partial charge in [-0.1, -0.05) is 38.8 Å². The van der Waals surface area contributed by atoms with E-state index in [1.165, 1.54) is 18.4 Å². The fourth-order valence-corrected chi connectivity index (χ4v) is 1.97. The topological polar surface area (TPSA) is 30.5 Å². The molecular formula is C16H27NO2. The minimum absolute atomic E-state index is 0.104. The minimum Gasteiger partial charge on any atom is -0.497 e. The van der Waals surface area contributed by atoms with Crippen LogP contribution in [0.4, 0.5) is 0 Å². The van der Waals surface area contributed by atoms with E-state index in [1.54, 1.807) is 7.11 Å². The normalized spacial score (nSPS) is 12.4. The number of likely N-dealkylation sites (N-methyl/N-ethyl adjacent to an activating group) is 1. The molecule has 3 nitrogen and oxygen atoms in total. The molecule has 108 valence electrons. The van der Waals surface area contributed by atoms with E-state index >= 15 is 0 Å². The number of ether oxygens (including phenoxy) is 2. The summed E-state index contributed by atoms with van der Waals surface area (Å²) in [5, 5.41) is 3.36. The highest BCUT2D eigenvalue weighted by molar-refractivity contribution is 5.30. The number of rotatable bonds is 10. The van der Waals surface area contributed by atoms with Crippen LogP contribution in [0.3, 0.4) is 0 Å². The summed E-state index contributed by atoms with van der Waals surface area (Å²) >= 11 is 0. The maximum atomic E-state index is 6.01. The van der Waals surface area contributed by atoms with Gasteiger partial charge >= 0.3 is 0 Å². The van der Waals surface area contributed by atoms with Gasteiger partial charge in [-0.2, -0.15) is 0 Å². The largest absolute Gasteiger partial charge is 0.497 e. The van der Waals surface area contributed by atoms with Gasteiger partial charge in [-0.3, -0.25) is 0 Å². The number of hydrogen-bond donors (Lipinski definition) is 1. The number of methoxy groups -OCH3 is 1. The Morgan fingerprint density at radius 2 is 2.05 bits per heavy atom. The lowest BCUT2D eigenvalue weighted by molar-refractivity contribution is 0.0502. The Balaban J connectivity index is 2.60. The van der Waals surface area contributed by atoms with Gasteiger partial charge in [0.2, 0.25) is 0 Å². The van der Waals surface area contributed by atoms with E-state index < -0.39 is 0 Å². The van der Waals surface area contributed by atoms with E-state index in [9.17, 15) is 0 Å². The maximum Gasteiger partial charge on any atom is 0.119 e. The average Bonchev–Trinajstić information content (AvgIpc) is 2.46. The number of benzene rings is 1. The molecule has 1 aromatic rings. The Hall–Kier alpha value is -1.06. The van der Waals surface area contributed by atoms with Crippen LogP contribution in [0.25, 0.3) is 0 Å². The lowest BCUT2D eigenvalue weighted by Crippen LogP contribution is -2.23. The molecule has 1 atom stereocenters. The van der Waals surface area contributed by atoms with Gasteiger partial charge in [0.15, 0.2) is 0 Å². The molecule has 0 aliphatic carbocycles. The van der Waals surface area contributed by atoms with Crippen LogP contribution in [0.15, 0.2) is 24.3 Å². The highest BCUT2D eigenvalue weighted by Gasteiger charge is 2.12. The first kappa shape index (κ1) is 16.0. The van der Waals surface area contributed by atoms with Gasteiger partial charge in [0.25, 0.3) is 0 Å². The van der Waals surface area contributed by atoms with Crippen LogP contribution in [0.1, 0.15) is 44.8 Å². The Morgan fingerprint density at radius 1 is 1.21 bits per heavy atom. The first-order valence-corrected chi connectivity index (χ1v) is 7.28. The lowest BCUT2D eigenvalue weighted by atomic mass is 10.1. The molecule has 1 unspecified atom stereocenters. The minimum atomic E-state index is 0.104. The van der Waals surface area contributed by atoms with E-state index in [0.29, 0.717) is 0 Å². The van der Waals surface area contributed by atoms with Crippen molar-refractivity contribution in [2.45, 2.75) is 39.2 Å². The fourth-order valence-electron chi connectivity index (χ4n) is 1.97. The molecule has 0 amide bonds. The molecule has 0 radical (unpaired) electrons. The predicted molar refractivity (Wildman–Crippen MR) is 79.8 cm³/mol. The Morgan fingerprint density at radius 3 is 2.74 bits per heavy atom. The van der Waals surface area contributed by atoms with Crippen molar-refractivity contribution < 1.29 is 9.47 Å². The molecule has 0 saturated carbocycles. The molecule has 0 bridgehead atoms. The van der Waals surface area contributed by atoms with Crippen molar-refractivity contribution in [2.75, 3.05) is 26.8 Å². The van der Waals surface area contributed by atoms with Crippen molar-refractivity contribution in [3.8, 4) is 5.75 Å². The van der Waals surface area contributed by atoms with E-state index in [2.05, 4.69) is 31.3 Å². The van der Waals surface area contributed by atoms with Crippen LogP contribution in [-0.4, -0.2) is 26.8 Å². The van der Waals surface area contributed by atoms with Gasteiger partial charge in [-0.25, -0.2) is 0 Å². The second-order valence-corrected chi connectivity index (χ2v) is 4.65. The molecule has 19 heavy (non-hydrogen) atoms. The molecule has 3 heteroatoms. The molecule has 0 saturated heterocycles. The molecule has 0 fully saturated rings. The quantitative estimate of drug-likeness (QED) is 0.656. The van der Waals surface area contributed by atoms with Gasteiger partial charge in [-0.15, -0.1) is 0 Å². The summed E-state index contributed by atoms with van der Waals surface area (Å²) in [7, 11) is 1.69. The zero-order chi connectivity index (χ0) is 13.9. The first-order chi connectivity index (χ1) is 9.31. The number of nitrogens with one attached hydrogen (secondary N) is 1. The SMILES string of the molecule is CCCCCOC(CNCC)c1cccc(OC)c1. The van der Waals surface area contributed by atoms with Gasteiger partial charge in [-0.05, 0) is 30.7 Å². The Kier molecular flexibility index (Phi) is 8.26.